The minimum Gasteiger partial charge on any atom is -0.475 e. The molecular weight excluding hydrogens is 334 g/mol. The maximum Gasteiger partial charge on any atom is 0.371 e. The number of hydrogen-bond donors (Lipinski definition) is 2. The van der Waals surface area contributed by atoms with Crippen LogP contribution in [0.15, 0.2) is 39.6 Å². The van der Waals surface area contributed by atoms with Crippen molar-refractivity contribution in [3.63, 3.8) is 0 Å². The highest BCUT2D eigenvalue weighted by Crippen LogP contribution is 2.17. The van der Waals surface area contributed by atoms with E-state index in [2.05, 4.69) is 5.32 Å². The Morgan fingerprint density at radius 3 is 2.46 bits per heavy atom. The number of sulfone groups is 1. The number of furan rings is 1. The fraction of sp³-hybridized carbons (Fsp3) is 0.250. The van der Waals surface area contributed by atoms with Crippen LogP contribution in [0.1, 0.15) is 39.2 Å². The first kappa shape index (κ1) is 17.7. The lowest BCUT2D eigenvalue weighted by Gasteiger charge is -2.10. The van der Waals surface area contributed by atoms with Gasteiger partial charge in [-0.3, -0.25) is 4.79 Å². The van der Waals surface area contributed by atoms with Gasteiger partial charge in [0.1, 0.15) is 5.76 Å². The Labute approximate surface area is 139 Å². The van der Waals surface area contributed by atoms with E-state index < -0.39 is 21.7 Å². The minimum atomic E-state index is -3.42. The van der Waals surface area contributed by atoms with E-state index in [0.717, 1.165) is 6.26 Å². The van der Waals surface area contributed by atoms with Crippen LogP contribution in [0.3, 0.4) is 0 Å². The average molecular weight is 351 g/mol. The second-order valence-corrected chi connectivity index (χ2v) is 7.21. The summed E-state index contributed by atoms with van der Waals surface area (Å²) in [6.07, 6.45) is 1.64. The third-order valence-corrected chi connectivity index (χ3v) is 4.54. The maximum absolute atomic E-state index is 12.4. The first-order valence-corrected chi connectivity index (χ1v) is 9.04. The summed E-state index contributed by atoms with van der Waals surface area (Å²) >= 11 is 0. The summed E-state index contributed by atoms with van der Waals surface area (Å²) in [5, 5.41) is 11.4. The molecule has 0 atom stereocenters. The van der Waals surface area contributed by atoms with Gasteiger partial charge in [0.05, 0.1) is 11.4 Å². The van der Waals surface area contributed by atoms with Gasteiger partial charge in [-0.25, -0.2) is 13.2 Å². The molecule has 1 aromatic carbocycles. The van der Waals surface area contributed by atoms with Crippen LogP contribution in [0.25, 0.3) is 0 Å². The van der Waals surface area contributed by atoms with Crippen molar-refractivity contribution < 1.29 is 27.5 Å². The maximum atomic E-state index is 12.4. The molecule has 2 N–H and O–H groups in total. The zero-order valence-corrected chi connectivity index (χ0v) is 14.0. The van der Waals surface area contributed by atoms with Crippen LogP contribution in [0.5, 0.6) is 0 Å². The largest absolute Gasteiger partial charge is 0.475 e. The predicted molar refractivity (Wildman–Crippen MR) is 85.8 cm³/mol. The SMILES string of the molecule is CCc1ccc(S(C)(=O)=O)cc1C(=O)NCc1ccc(C(=O)O)o1. The van der Waals surface area contributed by atoms with E-state index in [9.17, 15) is 18.0 Å². The number of carboxylic acid groups (broad SMARTS) is 1. The van der Waals surface area contributed by atoms with Gasteiger partial charge in [0.25, 0.3) is 5.91 Å². The Balaban J connectivity index is 2.20. The number of carbonyl (C=O) groups excluding carboxylic acids is 1. The van der Waals surface area contributed by atoms with Gasteiger partial charge in [0, 0.05) is 11.8 Å². The molecule has 0 bridgehead atoms. The Bertz CT molecular complexity index is 882. The summed E-state index contributed by atoms with van der Waals surface area (Å²) in [5.74, 6) is -1.57. The standard InChI is InChI=1S/C16H17NO6S/c1-3-10-4-6-12(24(2,21)22)8-13(10)15(18)17-9-11-5-7-14(23-11)16(19)20/h4-8H,3,9H2,1-2H3,(H,17,18)(H,19,20). The molecule has 1 heterocycles. The van der Waals surface area contributed by atoms with Crippen molar-refractivity contribution in [1.29, 1.82) is 0 Å². The second kappa shape index (κ2) is 6.88. The number of carbonyl (C=O) groups is 2. The van der Waals surface area contributed by atoms with Crippen molar-refractivity contribution in [3.05, 3.63) is 53.0 Å². The molecule has 0 aliphatic carbocycles. The summed E-state index contributed by atoms with van der Waals surface area (Å²) in [6, 6.07) is 7.18. The summed E-state index contributed by atoms with van der Waals surface area (Å²) < 4.78 is 28.4. The number of hydrogen-bond acceptors (Lipinski definition) is 5. The van der Waals surface area contributed by atoms with Crippen LogP contribution in [0, 0.1) is 0 Å². The molecule has 0 radical (unpaired) electrons. The summed E-state index contributed by atoms with van der Waals surface area (Å²) in [5.41, 5.74) is 0.982. The van der Waals surface area contributed by atoms with Crippen LogP contribution in [0.4, 0.5) is 0 Å². The highest BCUT2D eigenvalue weighted by Gasteiger charge is 2.16. The van der Waals surface area contributed by atoms with Gasteiger partial charge >= 0.3 is 5.97 Å². The van der Waals surface area contributed by atoms with Gasteiger partial charge < -0.3 is 14.8 Å². The van der Waals surface area contributed by atoms with Gasteiger partial charge in [-0.1, -0.05) is 13.0 Å². The van der Waals surface area contributed by atoms with Crippen LogP contribution >= 0.6 is 0 Å². The Kier molecular flexibility index (Phi) is 5.08. The monoisotopic (exact) mass is 351 g/mol. The van der Waals surface area contributed by atoms with E-state index in [1.165, 1.54) is 24.3 Å². The smallest absolute Gasteiger partial charge is 0.371 e. The minimum absolute atomic E-state index is 0.00162. The Morgan fingerprint density at radius 1 is 1.21 bits per heavy atom. The number of nitrogens with one attached hydrogen (secondary N) is 1. The van der Waals surface area contributed by atoms with Gasteiger partial charge in [-0.05, 0) is 36.2 Å². The van der Waals surface area contributed by atoms with Crippen molar-refractivity contribution in [2.45, 2.75) is 24.8 Å². The second-order valence-electron chi connectivity index (χ2n) is 5.20. The summed E-state index contributed by atoms with van der Waals surface area (Å²) in [6.45, 7) is 1.86. The third-order valence-electron chi connectivity index (χ3n) is 3.43. The molecular formula is C16H17NO6S. The predicted octanol–water partition coefficient (Wildman–Crippen LogP) is 1.87. The zero-order chi connectivity index (χ0) is 17.9. The van der Waals surface area contributed by atoms with Crippen molar-refractivity contribution in [2.24, 2.45) is 0 Å². The molecule has 0 saturated carbocycles. The number of carboxylic acids is 1. The van der Waals surface area contributed by atoms with Gasteiger partial charge in [-0.2, -0.15) is 0 Å². The van der Waals surface area contributed by atoms with Crippen LogP contribution < -0.4 is 5.32 Å². The first-order valence-electron chi connectivity index (χ1n) is 7.15. The highest BCUT2D eigenvalue weighted by molar-refractivity contribution is 7.90. The summed E-state index contributed by atoms with van der Waals surface area (Å²) in [7, 11) is -3.42. The lowest BCUT2D eigenvalue weighted by molar-refractivity contribution is 0.0660. The van der Waals surface area contributed by atoms with E-state index in [1.807, 2.05) is 6.92 Å². The summed E-state index contributed by atoms with van der Waals surface area (Å²) in [4.78, 5) is 23.2. The molecule has 0 saturated heterocycles. The van der Waals surface area contributed by atoms with Crippen LogP contribution in [-0.4, -0.2) is 31.7 Å². The topological polar surface area (TPSA) is 114 Å². The van der Waals surface area contributed by atoms with E-state index >= 15 is 0 Å². The molecule has 1 aromatic heterocycles. The molecule has 0 unspecified atom stereocenters. The van der Waals surface area contributed by atoms with Gasteiger partial charge in [0.15, 0.2) is 9.84 Å². The quantitative estimate of drug-likeness (QED) is 0.821. The molecule has 2 aromatic rings. The lowest BCUT2D eigenvalue weighted by atomic mass is 10.0. The third kappa shape index (κ3) is 4.02. The fourth-order valence-electron chi connectivity index (χ4n) is 2.16. The lowest BCUT2D eigenvalue weighted by Crippen LogP contribution is -2.24. The normalized spacial score (nSPS) is 11.2. The van der Waals surface area contributed by atoms with Gasteiger partial charge in [0.2, 0.25) is 5.76 Å². The molecule has 2 rings (SSSR count). The zero-order valence-electron chi connectivity index (χ0n) is 13.2. The number of aryl methyl sites for hydroxylation is 1. The molecule has 0 spiro atoms. The first-order chi connectivity index (χ1) is 11.2. The van der Waals surface area contributed by atoms with Crippen molar-refractivity contribution in [2.75, 3.05) is 6.26 Å². The molecule has 8 heteroatoms. The molecule has 1 amide bonds. The number of rotatable bonds is 6. The molecule has 0 aliphatic heterocycles. The van der Waals surface area contributed by atoms with E-state index in [1.54, 1.807) is 6.07 Å². The molecule has 0 aliphatic rings. The van der Waals surface area contributed by atoms with Crippen molar-refractivity contribution >= 4 is 21.7 Å². The molecule has 7 nitrogen and oxygen atoms in total. The number of benzene rings is 1. The van der Waals surface area contributed by atoms with Gasteiger partial charge in [-0.15, -0.1) is 0 Å². The number of amides is 1. The van der Waals surface area contributed by atoms with E-state index in [4.69, 9.17) is 9.52 Å². The van der Waals surface area contributed by atoms with Crippen molar-refractivity contribution in [3.8, 4) is 0 Å². The Morgan fingerprint density at radius 2 is 1.92 bits per heavy atom. The highest BCUT2D eigenvalue weighted by atomic mass is 32.2. The molecule has 24 heavy (non-hydrogen) atoms. The molecule has 128 valence electrons. The van der Waals surface area contributed by atoms with Crippen LogP contribution in [0.2, 0.25) is 0 Å². The van der Waals surface area contributed by atoms with Crippen LogP contribution in [-0.2, 0) is 22.8 Å². The number of aromatic carboxylic acids is 1. The molecule has 0 fully saturated rings. The van der Waals surface area contributed by atoms with E-state index in [-0.39, 0.29) is 28.5 Å². The fourth-order valence-corrected chi connectivity index (χ4v) is 2.80. The van der Waals surface area contributed by atoms with Crippen molar-refractivity contribution in [1.82, 2.24) is 5.32 Å². The van der Waals surface area contributed by atoms with E-state index in [0.29, 0.717) is 12.0 Å². The average Bonchev–Trinajstić information content (AvgIpc) is 3.00. The Hall–Kier alpha value is -2.61.